The lowest BCUT2D eigenvalue weighted by molar-refractivity contribution is -0.0461. The highest BCUT2D eigenvalue weighted by Gasteiger charge is 2.32. The van der Waals surface area contributed by atoms with Gasteiger partial charge in [0.25, 0.3) is 5.91 Å². The Morgan fingerprint density at radius 3 is 2.91 bits per heavy atom. The molecule has 0 radical (unpaired) electrons. The molecule has 1 N–H and O–H groups in total. The molecule has 126 valence electrons. The molecule has 2 unspecified atom stereocenters. The first-order valence-electron chi connectivity index (χ1n) is 8.52. The largest absolute Gasteiger partial charge is 0.373 e. The summed E-state index contributed by atoms with van der Waals surface area (Å²) < 4.78 is 5.88. The van der Waals surface area contributed by atoms with Crippen LogP contribution in [-0.2, 0) is 4.74 Å². The first-order valence-corrected chi connectivity index (χ1v) is 9.40. The third kappa shape index (κ3) is 4.49. The number of ether oxygens (including phenoxy) is 1. The maximum Gasteiger partial charge on any atom is 0.251 e. The second-order valence-corrected chi connectivity index (χ2v) is 8.30. The van der Waals surface area contributed by atoms with Crippen molar-refractivity contribution in [3.8, 4) is 0 Å². The van der Waals surface area contributed by atoms with Crippen molar-refractivity contribution in [2.24, 2.45) is 0 Å². The highest BCUT2D eigenvalue weighted by Crippen LogP contribution is 2.23. The van der Waals surface area contributed by atoms with Crippen LogP contribution in [0.3, 0.4) is 0 Å². The van der Waals surface area contributed by atoms with Crippen LogP contribution in [0.1, 0.15) is 37.0 Å². The van der Waals surface area contributed by atoms with Crippen LogP contribution in [0.5, 0.6) is 0 Å². The summed E-state index contributed by atoms with van der Waals surface area (Å²) in [6, 6.07) is 8.45. The van der Waals surface area contributed by atoms with E-state index in [0.717, 1.165) is 13.2 Å². The Morgan fingerprint density at radius 1 is 1.39 bits per heavy atom. The van der Waals surface area contributed by atoms with Gasteiger partial charge < -0.3 is 10.1 Å². The highest BCUT2D eigenvalue weighted by atomic mass is 32.2. The number of nitrogens with one attached hydrogen (secondary N) is 1. The van der Waals surface area contributed by atoms with Gasteiger partial charge in [-0.1, -0.05) is 13.8 Å². The molecule has 4 nitrogen and oxygen atoms in total. The molecule has 0 bridgehead atoms. The molecule has 23 heavy (non-hydrogen) atoms. The average molecular weight is 334 g/mol. The van der Waals surface area contributed by atoms with Gasteiger partial charge in [0.1, 0.15) is 0 Å². The van der Waals surface area contributed by atoms with E-state index in [1.807, 2.05) is 24.3 Å². The monoisotopic (exact) mass is 334 g/mol. The summed E-state index contributed by atoms with van der Waals surface area (Å²) in [5.74, 6) is -0.0155. The molecule has 1 aromatic rings. The number of carbonyl (C=O) groups is 1. The van der Waals surface area contributed by atoms with Crippen molar-refractivity contribution in [2.45, 2.75) is 49.0 Å². The summed E-state index contributed by atoms with van der Waals surface area (Å²) in [6.07, 6.45) is 2.64. The van der Waals surface area contributed by atoms with Crippen molar-refractivity contribution in [3.05, 3.63) is 29.8 Å². The van der Waals surface area contributed by atoms with Crippen molar-refractivity contribution >= 4 is 17.7 Å². The predicted molar refractivity (Wildman–Crippen MR) is 94.1 cm³/mol. The maximum atomic E-state index is 12.3. The van der Waals surface area contributed by atoms with Crippen LogP contribution in [0.2, 0.25) is 0 Å². The standard InChI is InChI=1S/C18H26N2O2S/c1-13(2)23-17-7-5-14(6-8-17)18(21)19-10-16-11-20-9-3-4-15(20)12-22-16/h5-8,13,15-16H,3-4,9-12H2,1-2H3,(H,19,21). The molecule has 1 aromatic carbocycles. The first-order chi connectivity index (χ1) is 11.1. The van der Waals surface area contributed by atoms with E-state index in [-0.39, 0.29) is 12.0 Å². The molecule has 2 aliphatic rings. The summed E-state index contributed by atoms with van der Waals surface area (Å²) in [6.45, 7) is 7.84. The van der Waals surface area contributed by atoms with Crippen LogP contribution in [0.15, 0.2) is 29.2 Å². The second-order valence-electron chi connectivity index (χ2n) is 6.65. The first kappa shape index (κ1) is 16.8. The Kier molecular flexibility index (Phi) is 5.62. The Balaban J connectivity index is 1.47. The minimum absolute atomic E-state index is 0.0155. The van der Waals surface area contributed by atoms with Gasteiger partial charge in [-0.05, 0) is 43.7 Å². The minimum Gasteiger partial charge on any atom is -0.373 e. The minimum atomic E-state index is -0.0155. The lowest BCUT2D eigenvalue weighted by Crippen LogP contribution is -2.50. The SMILES string of the molecule is CC(C)Sc1ccc(C(=O)NCC2CN3CCCC3CO2)cc1. The molecule has 2 fully saturated rings. The van der Waals surface area contributed by atoms with Gasteiger partial charge in [0.15, 0.2) is 0 Å². The molecule has 5 heteroatoms. The number of rotatable bonds is 5. The average Bonchev–Trinajstić information content (AvgIpc) is 3.00. The van der Waals surface area contributed by atoms with E-state index in [0.29, 0.717) is 23.4 Å². The van der Waals surface area contributed by atoms with Gasteiger partial charge in [-0.3, -0.25) is 9.69 Å². The third-order valence-corrected chi connectivity index (χ3v) is 5.46. The summed E-state index contributed by atoms with van der Waals surface area (Å²) in [5, 5.41) is 3.56. The van der Waals surface area contributed by atoms with Crippen molar-refractivity contribution in [1.29, 1.82) is 0 Å². The van der Waals surface area contributed by atoms with Crippen molar-refractivity contribution in [3.63, 3.8) is 0 Å². The van der Waals surface area contributed by atoms with Gasteiger partial charge in [-0.15, -0.1) is 11.8 Å². The third-order valence-electron chi connectivity index (χ3n) is 4.44. The molecule has 0 aromatic heterocycles. The number of nitrogens with zero attached hydrogens (tertiary/aromatic N) is 1. The fourth-order valence-corrected chi connectivity index (χ4v) is 4.11. The van der Waals surface area contributed by atoms with E-state index in [9.17, 15) is 4.79 Å². The number of hydrogen-bond acceptors (Lipinski definition) is 4. The van der Waals surface area contributed by atoms with Gasteiger partial charge in [0.05, 0.1) is 12.7 Å². The van der Waals surface area contributed by atoms with Crippen molar-refractivity contribution < 1.29 is 9.53 Å². The summed E-state index contributed by atoms with van der Waals surface area (Å²) in [5.41, 5.74) is 0.716. The van der Waals surface area contributed by atoms with Gasteiger partial charge in [0.2, 0.25) is 0 Å². The van der Waals surface area contributed by atoms with E-state index < -0.39 is 0 Å². The Labute approximate surface area is 143 Å². The van der Waals surface area contributed by atoms with E-state index in [1.165, 1.54) is 24.3 Å². The molecule has 2 heterocycles. The number of amides is 1. The molecule has 0 saturated carbocycles. The molecular weight excluding hydrogens is 308 g/mol. The van der Waals surface area contributed by atoms with Crippen LogP contribution >= 0.6 is 11.8 Å². The Hall–Kier alpha value is -1.04. The van der Waals surface area contributed by atoms with Crippen LogP contribution < -0.4 is 5.32 Å². The van der Waals surface area contributed by atoms with Crippen LogP contribution in [-0.4, -0.2) is 54.4 Å². The molecular formula is C18H26N2O2S. The van der Waals surface area contributed by atoms with Gasteiger partial charge in [0, 0.05) is 34.8 Å². The number of carbonyl (C=O) groups excluding carboxylic acids is 1. The fraction of sp³-hybridized carbons (Fsp3) is 0.611. The summed E-state index contributed by atoms with van der Waals surface area (Å²) >= 11 is 1.81. The topological polar surface area (TPSA) is 41.6 Å². The van der Waals surface area contributed by atoms with E-state index >= 15 is 0 Å². The Morgan fingerprint density at radius 2 is 2.17 bits per heavy atom. The lowest BCUT2D eigenvalue weighted by Gasteiger charge is -2.35. The van der Waals surface area contributed by atoms with Gasteiger partial charge >= 0.3 is 0 Å². The summed E-state index contributed by atoms with van der Waals surface area (Å²) in [7, 11) is 0. The molecule has 0 spiro atoms. The van der Waals surface area contributed by atoms with E-state index in [1.54, 1.807) is 11.8 Å². The number of thioether (sulfide) groups is 1. The van der Waals surface area contributed by atoms with E-state index in [2.05, 4.69) is 24.1 Å². The van der Waals surface area contributed by atoms with Crippen molar-refractivity contribution in [1.82, 2.24) is 10.2 Å². The number of hydrogen-bond donors (Lipinski definition) is 1. The molecule has 0 aliphatic carbocycles. The van der Waals surface area contributed by atoms with Crippen molar-refractivity contribution in [2.75, 3.05) is 26.2 Å². The molecule has 2 atom stereocenters. The van der Waals surface area contributed by atoms with Crippen LogP contribution in [0, 0.1) is 0 Å². The number of fused-ring (bicyclic) bond motifs is 1. The second kappa shape index (κ2) is 7.69. The lowest BCUT2D eigenvalue weighted by atomic mass is 10.1. The smallest absolute Gasteiger partial charge is 0.251 e. The van der Waals surface area contributed by atoms with E-state index in [4.69, 9.17) is 4.74 Å². The molecule has 2 saturated heterocycles. The molecule has 1 amide bonds. The zero-order valence-corrected chi connectivity index (χ0v) is 14.8. The molecule has 2 aliphatic heterocycles. The maximum absolute atomic E-state index is 12.3. The Bertz CT molecular complexity index is 532. The summed E-state index contributed by atoms with van der Waals surface area (Å²) in [4.78, 5) is 16.0. The van der Waals surface area contributed by atoms with Crippen LogP contribution in [0.25, 0.3) is 0 Å². The van der Waals surface area contributed by atoms with Crippen LogP contribution in [0.4, 0.5) is 0 Å². The molecule has 3 rings (SSSR count). The number of benzene rings is 1. The van der Waals surface area contributed by atoms with Gasteiger partial charge in [-0.25, -0.2) is 0 Å². The zero-order valence-electron chi connectivity index (χ0n) is 14.0. The quantitative estimate of drug-likeness (QED) is 0.841. The predicted octanol–water partition coefficient (Wildman–Crippen LogP) is 2.78. The normalized spacial score (nSPS) is 24.7. The number of morpholine rings is 1. The fourth-order valence-electron chi connectivity index (χ4n) is 3.27. The van der Waals surface area contributed by atoms with Gasteiger partial charge in [-0.2, -0.15) is 0 Å². The highest BCUT2D eigenvalue weighted by molar-refractivity contribution is 7.99. The zero-order chi connectivity index (χ0) is 16.2.